The van der Waals surface area contributed by atoms with Crippen LogP contribution in [0.1, 0.15) is 11.1 Å². The molecule has 0 fully saturated rings. The zero-order chi connectivity index (χ0) is 13.0. The first kappa shape index (κ1) is 13.4. The first-order valence-corrected chi connectivity index (χ1v) is 6.82. The Kier molecular flexibility index (Phi) is 4.64. The maximum Gasteiger partial charge on any atom is 0.124 e. The molecule has 0 aliphatic heterocycles. The van der Waals surface area contributed by atoms with Gasteiger partial charge in [-0.25, -0.2) is 4.39 Å². The van der Waals surface area contributed by atoms with Crippen molar-refractivity contribution in [3.63, 3.8) is 0 Å². The van der Waals surface area contributed by atoms with Gasteiger partial charge in [0.05, 0.1) is 6.61 Å². The van der Waals surface area contributed by atoms with E-state index >= 15 is 0 Å². The molecule has 0 aliphatic rings. The average Bonchev–Trinajstić information content (AvgIpc) is 2.38. The Balaban J connectivity index is 2.06. The van der Waals surface area contributed by atoms with Gasteiger partial charge >= 0.3 is 0 Å². The fourth-order valence-electron chi connectivity index (χ4n) is 1.53. The lowest BCUT2D eigenvalue weighted by atomic mass is 10.2. The maximum atomic E-state index is 12.9. The van der Waals surface area contributed by atoms with Gasteiger partial charge in [-0.3, -0.25) is 0 Å². The first-order chi connectivity index (χ1) is 8.69. The van der Waals surface area contributed by atoms with Crippen molar-refractivity contribution < 1.29 is 9.50 Å². The van der Waals surface area contributed by atoms with Crippen LogP contribution in [0.5, 0.6) is 0 Å². The van der Waals surface area contributed by atoms with Crippen LogP contribution in [0.2, 0.25) is 5.02 Å². The first-order valence-electron chi connectivity index (χ1n) is 5.45. The number of halogens is 2. The molecule has 1 nitrogen and oxygen atoms in total. The molecule has 0 heterocycles. The second-order valence-electron chi connectivity index (χ2n) is 3.83. The lowest BCUT2D eigenvalue weighted by Crippen LogP contribution is -1.86. The highest BCUT2D eigenvalue weighted by molar-refractivity contribution is 7.98. The van der Waals surface area contributed by atoms with E-state index in [1.807, 2.05) is 24.3 Å². The molecule has 1 N–H and O–H groups in total. The summed E-state index contributed by atoms with van der Waals surface area (Å²) in [6.45, 7) is 0.0334. The van der Waals surface area contributed by atoms with Gasteiger partial charge in [0, 0.05) is 15.7 Å². The number of thioether (sulfide) groups is 1. The van der Waals surface area contributed by atoms with Gasteiger partial charge in [-0.2, -0.15) is 0 Å². The molecule has 0 atom stereocenters. The van der Waals surface area contributed by atoms with Gasteiger partial charge in [0.25, 0.3) is 0 Å². The lowest BCUT2D eigenvalue weighted by Gasteiger charge is -2.05. The van der Waals surface area contributed by atoms with Crippen LogP contribution in [-0.4, -0.2) is 5.11 Å². The topological polar surface area (TPSA) is 20.2 Å². The van der Waals surface area contributed by atoms with Gasteiger partial charge in [0.2, 0.25) is 0 Å². The van der Waals surface area contributed by atoms with E-state index in [0.717, 1.165) is 16.0 Å². The second-order valence-corrected chi connectivity index (χ2v) is 5.29. The predicted molar refractivity (Wildman–Crippen MR) is 73.3 cm³/mol. The Bertz CT molecular complexity index is 545. The Hall–Kier alpha value is -1.03. The molecule has 0 saturated heterocycles. The summed E-state index contributed by atoms with van der Waals surface area (Å²) in [6, 6.07) is 12.1. The van der Waals surface area contributed by atoms with Gasteiger partial charge in [-0.1, -0.05) is 29.8 Å². The molecular formula is C14H12ClFOS. The quantitative estimate of drug-likeness (QED) is 0.846. The van der Waals surface area contributed by atoms with E-state index in [0.29, 0.717) is 10.8 Å². The minimum Gasteiger partial charge on any atom is -0.392 e. The van der Waals surface area contributed by atoms with E-state index in [1.54, 1.807) is 17.8 Å². The molecule has 0 bridgehead atoms. The average molecular weight is 283 g/mol. The van der Waals surface area contributed by atoms with Crippen molar-refractivity contribution in [1.82, 2.24) is 0 Å². The number of benzene rings is 2. The van der Waals surface area contributed by atoms with Crippen LogP contribution in [0.25, 0.3) is 0 Å². The Morgan fingerprint density at radius 3 is 2.72 bits per heavy atom. The normalized spacial score (nSPS) is 10.6. The smallest absolute Gasteiger partial charge is 0.124 e. The van der Waals surface area contributed by atoms with E-state index in [9.17, 15) is 4.39 Å². The molecule has 2 rings (SSSR count). The summed E-state index contributed by atoms with van der Waals surface area (Å²) >= 11 is 7.57. The third-order valence-electron chi connectivity index (χ3n) is 2.49. The monoisotopic (exact) mass is 282 g/mol. The van der Waals surface area contributed by atoms with Crippen LogP contribution in [0.4, 0.5) is 4.39 Å². The van der Waals surface area contributed by atoms with Gasteiger partial charge < -0.3 is 5.11 Å². The van der Waals surface area contributed by atoms with Crippen molar-refractivity contribution in [3.05, 3.63) is 64.4 Å². The molecule has 0 unspecified atom stereocenters. The predicted octanol–water partition coefficient (Wildman–Crippen LogP) is 4.26. The summed E-state index contributed by atoms with van der Waals surface area (Å²) in [6.07, 6.45) is 0. The summed E-state index contributed by atoms with van der Waals surface area (Å²) < 4.78 is 12.9. The largest absolute Gasteiger partial charge is 0.392 e. The minimum absolute atomic E-state index is 0.0334. The van der Waals surface area contributed by atoms with Gasteiger partial charge in [-0.05, 0) is 35.4 Å². The van der Waals surface area contributed by atoms with Gasteiger partial charge in [-0.15, -0.1) is 11.8 Å². The molecular weight excluding hydrogens is 271 g/mol. The highest BCUT2D eigenvalue weighted by atomic mass is 35.5. The lowest BCUT2D eigenvalue weighted by molar-refractivity contribution is 0.281. The second kappa shape index (κ2) is 6.23. The standard InChI is InChI=1S/C14H12ClFOS/c15-14-7-12(16)5-4-11(14)9-18-13-3-1-2-10(6-13)8-17/h1-7,17H,8-9H2. The van der Waals surface area contributed by atoms with E-state index in [4.69, 9.17) is 16.7 Å². The summed E-state index contributed by atoms with van der Waals surface area (Å²) in [7, 11) is 0. The summed E-state index contributed by atoms with van der Waals surface area (Å²) in [4.78, 5) is 1.06. The fourth-order valence-corrected chi connectivity index (χ4v) is 2.83. The molecule has 94 valence electrons. The van der Waals surface area contributed by atoms with Crippen LogP contribution >= 0.6 is 23.4 Å². The molecule has 0 aromatic heterocycles. The van der Waals surface area contributed by atoms with E-state index < -0.39 is 0 Å². The van der Waals surface area contributed by atoms with Gasteiger partial charge in [0.1, 0.15) is 5.82 Å². The Morgan fingerprint density at radius 2 is 2.00 bits per heavy atom. The van der Waals surface area contributed by atoms with Gasteiger partial charge in [0.15, 0.2) is 0 Å². The fraction of sp³-hybridized carbons (Fsp3) is 0.143. The summed E-state index contributed by atoms with van der Waals surface area (Å²) in [5, 5.41) is 9.50. The minimum atomic E-state index is -0.323. The number of hydrogen-bond acceptors (Lipinski definition) is 2. The molecule has 0 saturated carbocycles. The van der Waals surface area contributed by atoms with E-state index in [2.05, 4.69) is 0 Å². The number of hydrogen-bond donors (Lipinski definition) is 1. The zero-order valence-corrected chi connectivity index (χ0v) is 11.1. The van der Waals surface area contributed by atoms with Crippen molar-refractivity contribution >= 4 is 23.4 Å². The Morgan fingerprint density at radius 1 is 1.17 bits per heavy atom. The molecule has 2 aromatic carbocycles. The summed E-state index contributed by atoms with van der Waals surface area (Å²) in [5.41, 5.74) is 1.78. The zero-order valence-electron chi connectivity index (χ0n) is 9.57. The van der Waals surface area contributed by atoms with Crippen molar-refractivity contribution in [2.45, 2.75) is 17.3 Å². The highest BCUT2D eigenvalue weighted by Gasteiger charge is 2.03. The molecule has 18 heavy (non-hydrogen) atoms. The van der Waals surface area contributed by atoms with Crippen molar-refractivity contribution in [1.29, 1.82) is 0 Å². The van der Waals surface area contributed by atoms with Crippen molar-refractivity contribution in [2.24, 2.45) is 0 Å². The van der Waals surface area contributed by atoms with E-state index in [-0.39, 0.29) is 12.4 Å². The third-order valence-corrected chi connectivity index (χ3v) is 3.88. The number of aliphatic hydroxyl groups excluding tert-OH is 1. The Labute approximate surface area is 115 Å². The van der Waals surface area contributed by atoms with Crippen molar-refractivity contribution in [2.75, 3.05) is 0 Å². The van der Waals surface area contributed by atoms with Crippen LogP contribution in [0.3, 0.4) is 0 Å². The molecule has 0 radical (unpaired) electrons. The third kappa shape index (κ3) is 3.48. The molecule has 0 spiro atoms. The molecule has 4 heteroatoms. The molecule has 0 amide bonds. The van der Waals surface area contributed by atoms with E-state index in [1.165, 1.54) is 12.1 Å². The van der Waals surface area contributed by atoms with Crippen LogP contribution in [0.15, 0.2) is 47.4 Å². The highest BCUT2D eigenvalue weighted by Crippen LogP contribution is 2.27. The van der Waals surface area contributed by atoms with Crippen molar-refractivity contribution in [3.8, 4) is 0 Å². The number of rotatable bonds is 4. The molecule has 2 aromatic rings. The number of aliphatic hydroxyl groups is 1. The van der Waals surface area contributed by atoms with Crippen LogP contribution < -0.4 is 0 Å². The SMILES string of the molecule is OCc1cccc(SCc2ccc(F)cc2Cl)c1. The van der Waals surface area contributed by atoms with Crippen LogP contribution in [0, 0.1) is 5.82 Å². The van der Waals surface area contributed by atoms with Crippen LogP contribution in [-0.2, 0) is 12.4 Å². The summed E-state index contributed by atoms with van der Waals surface area (Å²) in [5.74, 6) is 0.351. The molecule has 0 aliphatic carbocycles. The maximum absolute atomic E-state index is 12.9.